The fraction of sp³-hybridized carbons (Fsp3) is 0.714. The lowest BCUT2D eigenvalue weighted by molar-refractivity contribution is -0.152. The van der Waals surface area contributed by atoms with E-state index < -0.39 is 29.9 Å². The molecule has 3 N–H and O–H groups in total. The molecule has 0 amide bonds. The first-order valence-corrected chi connectivity index (χ1v) is 3.66. The van der Waals surface area contributed by atoms with Gasteiger partial charge in [0.05, 0.1) is 17.9 Å². The fourth-order valence-corrected chi connectivity index (χ4v) is 1.56. The number of carboxylic acids is 2. The summed E-state index contributed by atoms with van der Waals surface area (Å²) in [6.45, 7) is 0. The molecule has 0 saturated heterocycles. The van der Waals surface area contributed by atoms with Gasteiger partial charge in [-0.05, 0) is 12.8 Å². The van der Waals surface area contributed by atoms with E-state index in [1.807, 2.05) is 0 Å². The van der Waals surface area contributed by atoms with Crippen molar-refractivity contribution in [2.45, 2.75) is 18.9 Å². The van der Waals surface area contributed by atoms with Crippen molar-refractivity contribution < 1.29 is 24.9 Å². The van der Waals surface area contributed by atoms with E-state index in [0.717, 1.165) is 0 Å². The van der Waals surface area contributed by atoms with Crippen molar-refractivity contribution in [3.63, 3.8) is 0 Å². The number of hydrogen-bond acceptors (Lipinski definition) is 3. The Morgan fingerprint density at radius 1 is 1.00 bits per heavy atom. The zero-order valence-electron chi connectivity index (χ0n) is 6.30. The van der Waals surface area contributed by atoms with Gasteiger partial charge in [0.25, 0.3) is 0 Å². The zero-order valence-corrected chi connectivity index (χ0v) is 6.30. The first-order chi connectivity index (χ1) is 5.52. The molecule has 1 fully saturated rings. The lowest BCUT2D eigenvalue weighted by Gasteiger charge is -2.08. The highest BCUT2D eigenvalue weighted by atomic mass is 16.4. The number of hydrogen-bond donors (Lipinski definition) is 3. The normalized spacial score (nSPS) is 30.4. The summed E-state index contributed by atoms with van der Waals surface area (Å²) in [4.78, 5) is 21.0. The van der Waals surface area contributed by atoms with Crippen LogP contribution in [0.1, 0.15) is 12.8 Å². The summed E-state index contributed by atoms with van der Waals surface area (Å²) in [7, 11) is 0. The van der Waals surface area contributed by atoms with Crippen molar-refractivity contribution >= 4 is 11.9 Å². The second-order valence-electron chi connectivity index (χ2n) is 3.01. The molecule has 68 valence electrons. The van der Waals surface area contributed by atoms with E-state index in [1.54, 1.807) is 0 Å². The molecule has 0 aromatic rings. The van der Waals surface area contributed by atoms with Crippen molar-refractivity contribution in [3.8, 4) is 0 Å². The minimum absolute atomic E-state index is 0.0479. The van der Waals surface area contributed by atoms with E-state index >= 15 is 0 Å². The third-order valence-corrected chi connectivity index (χ3v) is 2.17. The Kier molecular flexibility index (Phi) is 2.32. The van der Waals surface area contributed by atoms with Gasteiger partial charge < -0.3 is 15.3 Å². The van der Waals surface area contributed by atoms with E-state index in [1.165, 1.54) is 0 Å². The van der Waals surface area contributed by atoms with E-state index in [2.05, 4.69) is 0 Å². The minimum Gasteiger partial charge on any atom is -0.481 e. The van der Waals surface area contributed by atoms with Gasteiger partial charge in [0.2, 0.25) is 0 Å². The molecule has 12 heavy (non-hydrogen) atoms. The van der Waals surface area contributed by atoms with Crippen molar-refractivity contribution in [3.05, 3.63) is 0 Å². The molecule has 0 aromatic carbocycles. The van der Waals surface area contributed by atoms with E-state index in [-0.39, 0.29) is 12.8 Å². The molecule has 1 aliphatic rings. The smallest absolute Gasteiger partial charge is 0.307 e. The van der Waals surface area contributed by atoms with Crippen molar-refractivity contribution in [2.24, 2.45) is 11.8 Å². The quantitative estimate of drug-likeness (QED) is 0.526. The summed E-state index contributed by atoms with van der Waals surface area (Å²) in [6.07, 6.45) is -0.689. The van der Waals surface area contributed by atoms with Gasteiger partial charge in [-0.3, -0.25) is 9.59 Å². The van der Waals surface area contributed by atoms with Crippen LogP contribution in [-0.4, -0.2) is 33.4 Å². The number of rotatable bonds is 2. The first-order valence-electron chi connectivity index (χ1n) is 3.66. The predicted molar refractivity (Wildman–Crippen MR) is 37.5 cm³/mol. The van der Waals surface area contributed by atoms with Crippen LogP contribution in [0.25, 0.3) is 0 Å². The van der Waals surface area contributed by atoms with Gasteiger partial charge in [0.15, 0.2) is 0 Å². The summed E-state index contributed by atoms with van der Waals surface area (Å²) in [6, 6.07) is 0. The molecular formula is C7H10O5. The van der Waals surface area contributed by atoms with Crippen LogP contribution in [-0.2, 0) is 9.59 Å². The molecule has 1 saturated carbocycles. The second kappa shape index (κ2) is 3.10. The third kappa shape index (κ3) is 1.55. The number of carbonyl (C=O) groups is 2. The fourth-order valence-electron chi connectivity index (χ4n) is 1.56. The molecule has 0 radical (unpaired) electrons. The SMILES string of the molecule is O=C(O)[C@@H]1CC(O)C[C@H]1C(=O)O. The molecule has 5 heteroatoms. The van der Waals surface area contributed by atoms with Gasteiger partial charge in [0, 0.05) is 0 Å². The maximum absolute atomic E-state index is 10.5. The van der Waals surface area contributed by atoms with Crippen molar-refractivity contribution in [1.82, 2.24) is 0 Å². The number of aliphatic hydroxyl groups is 1. The van der Waals surface area contributed by atoms with Crippen LogP contribution in [0.3, 0.4) is 0 Å². The standard InChI is InChI=1S/C7H10O5/c8-3-1-4(6(9)10)5(2-3)7(11)12/h3-5,8H,1-2H2,(H,9,10)(H,11,12)/t4-,5-/m1/s1. The molecule has 0 heterocycles. The lowest BCUT2D eigenvalue weighted by Crippen LogP contribution is -2.24. The molecule has 2 atom stereocenters. The Morgan fingerprint density at radius 2 is 1.33 bits per heavy atom. The molecule has 1 rings (SSSR count). The van der Waals surface area contributed by atoms with Gasteiger partial charge in [-0.2, -0.15) is 0 Å². The summed E-state index contributed by atoms with van der Waals surface area (Å²) in [5, 5.41) is 26.2. The lowest BCUT2D eigenvalue weighted by atomic mass is 9.97. The maximum atomic E-state index is 10.5. The second-order valence-corrected chi connectivity index (χ2v) is 3.01. The molecule has 0 aliphatic heterocycles. The van der Waals surface area contributed by atoms with Gasteiger partial charge in [-0.15, -0.1) is 0 Å². The Labute approximate surface area is 68.6 Å². The van der Waals surface area contributed by atoms with E-state index in [4.69, 9.17) is 15.3 Å². The average Bonchev–Trinajstić information content (AvgIpc) is 2.31. The highest BCUT2D eigenvalue weighted by Crippen LogP contribution is 2.32. The maximum Gasteiger partial charge on any atom is 0.307 e. The zero-order chi connectivity index (χ0) is 9.30. The van der Waals surface area contributed by atoms with Crippen LogP contribution in [0.5, 0.6) is 0 Å². The molecule has 0 unspecified atom stereocenters. The summed E-state index contributed by atoms with van der Waals surface area (Å²) in [5.41, 5.74) is 0. The van der Waals surface area contributed by atoms with Gasteiger partial charge >= 0.3 is 11.9 Å². The number of aliphatic carboxylic acids is 2. The van der Waals surface area contributed by atoms with Crippen LogP contribution in [0.15, 0.2) is 0 Å². The Balaban J connectivity index is 2.72. The van der Waals surface area contributed by atoms with Crippen molar-refractivity contribution in [1.29, 1.82) is 0 Å². The van der Waals surface area contributed by atoms with Gasteiger partial charge in [-0.25, -0.2) is 0 Å². The van der Waals surface area contributed by atoms with Gasteiger partial charge in [0.1, 0.15) is 0 Å². The van der Waals surface area contributed by atoms with E-state index in [0.29, 0.717) is 0 Å². The monoisotopic (exact) mass is 174 g/mol. The topological polar surface area (TPSA) is 94.8 Å². The summed E-state index contributed by atoms with van der Waals surface area (Å²) < 4.78 is 0. The Bertz CT molecular complexity index is 190. The summed E-state index contributed by atoms with van der Waals surface area (Å²) >= 11 is 0. The number of carboxylic acid groups (broad SMARTS) is 2. The highest BCUT2D eigenvalue weighted by molar-refractivity contribution is 5.80. The molecule has 0 bridgehead atoms. The Morgan fingerprint density at radius 3 is 1.58 bits per heavy atom. The van der Waals surface area contributed by atoms with Crippen LogP contribution >= 0.6 is 0 Å². The molecular weight excluding hydrogens is 164 g/mol. The largest absolute Gasteiger partial charge is 0.481 e. The van der Waals surface area contributed by atoms with Crippen molar-refractivity contribution in [2.75, 3.05) is 0 Å². The predicted octanol–water partition coefficient (Wildman–Crippen LogP) is -0.457. The molecule has 1 aliphatic carbocycles. The highest BCUT2D eigenvalue weighted by Gasteiger charge is 2.42. The summed E-state index contributed by atoms with van der Waals surface area (Å²) in [5.74, 6) is -4.15. The molecule has 5 nitrogen and oxygen atoms in total. The first kappa shape index (κ1) is 8.99. The number of aliphatic hydroxyl groups excluding tert-OH is 1. The van der Waals surface area contributed by atoms with Crippen LogP contribution in [0.2, 0.25) is 0 Å². The average molecular weight is 174 g/mol. The van der Waals surface area contributed by atoms with Crippen LogP contribution in [0, 0.1) is 11.8 Å². The molecule has 0 spiro atoms. The van der Waals surface area contributed by atoms with E-state index in [9.17, 15) is 9.59 Å². The Hall–Kier alpha value is -1.10. The van der Waals surface area contributed by atoms with Crippen LogP contribution < -0.4 is 0 Å². The van der Waals surface area contributed by atoms with Gasteiger partial charge in [-0.1, -0.05) is 0 Å². The molecule has 0 aromatic heterocycles. The minimum atomic E-state index is -1.14. The third-order valence-electron chi connectivity index (χ3n) is 2.17. The van der Waals surface area contributed by atoms with Crippen LogP contribution in [0.4, 0.5) is 0 Å².